The van der Waals surface area contributed by atoms with Gasteiger partial charge < -0.3 is 9.94 Å². The summed E-state index contributed by atoms with van der Waals surface area (Å²) >= 11 is 0. The third-order valence-electron chi connectivity index (χ3n) is 1.96. The molecule has 72 valence electrons. The molecule has 14 heavy (non-hydrogen) atoms. The highest BCUT2D eigenvalue weighted by atomic mass is 16.7. The van der Waals surface area contributed by atoms with E-state index >= 15 is 0 Å². The minimum absolute atomic E-state index is 0.305. The molecule has 0 spiro atoms. The molecule has 1 aliphatic heterocycles. The van der Waals surface area contributed by atoms with E-state index in [0.29, 0.717) is 12.1 Å². The Bertz CT molecular complexity index is 375. The van der Waals surface area contributed by atoms with Crippen molar-refractivity contribution in [3.63, 3.8) is 0 Å². The Balaban J connectivity index is 2.13. The van der Waals surface area contributed by atoms with Gasteiger partial charge in [0.15, 0.2) is 0 Å². The molecular formula is C9H8N2O3. The van der Waals surface area contributed by atoms with E-state index in [2.05, 4.69) is 10.1 Å². The van der Waals surface area contributed by atoms with Gasteiger partial charge in [-0.3, -0.25) is 4.98 Å². The fourth-order valence-corrected chi connectivity index (χ4v) is 1.22. The molecule has 1 aliphatic rings. The van der Waals surface area contributed by atoms with Crippen molar-refractivity contribution in [2.45, 2.75) is 12.5 Å². The lowest BCUT2D eigenvalue weighted by molar-refractivity contribution is -0.148. The van der Waals surface area contributed by atoms with Crippen molar-refractivity contribution in [3.05, 3.63) is 30.1 Å². The molecular weight excluding hydrogens is 184 g/mol. The Hall–Kier alpha value is -1.91. The molecule has 0 aliphatic carbocycles. The van der Waals surface area contributed by atoms with Crippen LogP contribution in [0.3, 0.4) is 0 Å². The molecule has 1 N–H and O–H groups in total. The zero-order valence-corrected chi connectivity index (χ0v) is 7.25. The molecule has 0 saturated carbocycles. The Morgan fingerprint density at radius 3 is 2.79 bits per heavy atom. The van der Waals surface area contributed by atoms with Crippen molar-refractivity contribution in [3.8, 4) is 0 Å². The number of carbonyl (C=O) groups is 1. The van der Waals surface area contributed by atoms with Gasteiger partial charge in [0, 0.05) is 24.4 Å². The highest BCUT2D eigenvalue weighted by molar-refractivity contribution is 6.03. The first-order chi connectivity index (χ1) is 6.77. The minimum atomic E-state index is -0.988. The van der Waals surface area contributed by atoms with E-state index in [4.69, 9.17) is 9.94 Å². The number of rotatable bonds is 2. The summed E-state index contributed by atoms with van der Waals surface area (Å²) in [5, 5.41) is 12.4. The highest BCUT2D eigenvalue weighted by Crippen LogP contribution is 2.15. The Morgan fingerprint density at radius 1 is 1.50 bits per heavy atom. The van der Waals surface area contributed by atoms with Crippen LogP contribution in [0.1, 0.15) is 12.0 Å². The highest BCUT2D eigenvalue weighted by Gasteiger charge is 2.28. The fraction of sp³-hybridized carbons (Fsp3) is 0.222. The van der Waals surface area contributed by atoms with E-state index in [0.717, 1.165) is 5.56 Å². The van der Waals surface area contributed by atoms with Crippen LogP contribution in [0.2, 0.25) is 0 Å². The molecule has 2 heterocycles. The van der Waals surface area contributed by atoms with Gasteiger partial charge in [-0.1, -0.05) is 5.16 Å². The first-order valence-corrected chi connectivity index (χ1v) is 4.13. The van der Waals surface area contributed by atoms with Gasteiger partial charge in [-0.25, -0.2) is 4.79 Å². The van der Waals surface area contributed by atoms with E-state index in [-0.39, 0.29) is 0 Å². The molecule has 5 heteroatoms. The van der Waals surface area contributed by atoms with Gasteiger partial charge in [-0.2, -0.15) is 0 Å². The molecule has 1 unspecified atom stereocenters. The molecule has 1 atom stereocenters. The van der Waals surface area contributed by atoms with E-state index < -0.39 is 12.1 Å². The van der Waals surface area contributed by atoms with E-state index in [1.165, 1.54) is 0 Å². The van der Waals surface area contributed by atoms with Crippen LogP contribution in [-0.4, -0.2) is 27.9 Å². The van der Waals surface area contributed by atoms with E-state index in [9.17, 15) is 4.79 Å². The van der Waals surface area contributed by atoms with Crippen LogP contribution >= 0.6 is 0 Å². The standard InChI is InChI=1S/C9H8N2O3/c12-9(13)8-5-7(11-14-8)6-1-3-10-4-2-6/h1-4,8H,5H2,(H,12,13). The second kappa shape index (κ2) is 3.45. The molecule has 5 nitrogen and oxygen atoms in total. The van der Waals surface area contributed by atoms with Crippen molar-refractivity contribution in [2.24, 2.45) is 5.16 Å². The topological polar surface area (TPSA) is 71.8 Å². The minimum Gasteiger partial charge on any atom is -0.478 e. The summed E-state index contributed by atoms with van der Waals surface area (Å²) in [6.07, 6.45) is 2.72. The van der Waals surface area contributed by atoms with Crippen LogP contribution in [0.4, 0.5) is 0 Å². The monoisotopic (exact) mass is 192 g/mol. The van der Waals surface area contributed by atoms with Crippen LogP contribution in [-0.2, 0) is 9.63 Å². The predicted molar refractivity (Wildman–Crippen MR) is 47.9 cm³/mol. The number of carboxylic acids is 1. The van der Waals surface area contributed by atoms with Gasteiger partial charge in [0.25, 0.3) is 0 Å². The maximum absolute atomic E-state index is 10.6. The summed E-state index contributed by atoms with van der Waals surface area (Å²) in [4.78, 5) is 19.2. The number of pyridine rings is 1. The van der Waals surface area contributed by atoms with Crippen molar-refractivity contribution in [2.75, 3.05) is 0 Å². The molecule has 0 aromatic carbocycles. The number of aromatic nitrogens is 1. The zero-order chi connectivity index (χ0) is 9.97. The SMILES string of the molecule is O=C(O)C1CC(c2ccncc2)=NO1. The fourth-order valence-electron chi connectivity index (χ4n) is 1.22. The van der Waals surface area contributed by atoms with Crippen molar-refractivity contribution >= 4 is 11.7 Å². The summed E-state index contributed by atoms with van der Waals surface area (Å²) in [6.45, 7) is 0. The van der Waals surface area contributed by atoms with Gasteiger partial charge in [-0.15, -0.1) is 0 Å². The first-order valence-electron chi connectivity index (χ1n) is 4.13. The Labute approximate surface area is 80.0 Å². The van der Waals surface area contributed by atoms with Gasteiger partial charge in [0.1, 0.15) is 0 Å². The second-order valence-electron chi connectivity index (χ2n) is 2.91. The third-order valence-corrected chi connectivity index (χ3v) is 1.96. The van der Waals surface area contributed by atoms with Crippen LogP contribution in [0.25, 0.3) is 0 Å². The molecule has 1 aromatic heterocycles. The third kappa shape index (κ3) is 1.56. The maximum Gasteiger partial charge on any atom is 0.348 e. The number of hydrogen-bond acceptors (Lipinski definition) is 4. The molecule has 2 rings (SSSR count). The quantitative estimate of drug-likeness (QED) is 0.747. The number of oxime groups is 1. The average Bonchev–Trinajstić information content (AvgIpc) is 2.68. The lowest BCUT2D eigenvalue weighted by Gasteiger charge is -1.99. The number of aliphatic carboxylic acids is 1. The number of hydrogen-bond donors (Lipinski definition) is 1. The second-order valence-corrected chi connectivity index (χ2v) is 2.91. The molecule has 0 bridgehead atoms. The Morgan fingerprint density at radius 2 is 2.21 bits per heavy atom. The first kappa shape index (κ1) is 8.68. The van der Waals surface area contributed by atoms with Gasteiger partial charge in [-0.05, 0) is 12.1 Å². The Kier molecular flexibility index (Phi) is 2.14. The maximum atomic E-state index is 10.6. The van der Waals surface area contributed by atoms with Crippen LogP contribution in [0.5, 0.6) is 0 Å². The van der Waals surface area contributed by atoms with Crippen molar-refractivity contribution in [1.82, 2.24) is 4.98 Å². The van der Waals surface area contributed by atoms with Crippen LogP contribution in [0.15, 0.2) is 29.7 Å². The van der Waals surface area contributed by atoms with Crippen molar-refractivity contribution in [1.29, 1.82) is 0 Å². The van der Waals surface area contributed by atoms with Gasteiger partial charge >= 0.3 is 5.97 Å². The van der Waals surface area contributed by atoms with Crippen LogP contribution in [0, 0.1) is 0 Å². The summed E-state index contributed by atoms with van der Waals surface area (Å²) in [5.74, 6) is -0.988. The summed E-state index contributed by atoms with van der Waals surface area (Å²) < 4.78 is 0. The lowest BCUT2D eigenvalue weighted by Crippen LogP contribution is -2.19. The lowest BCUT2D eigenvalue weighted by atomic mass is 10.1. The van der Waals surface area contributed by atoms with Gasteiger partial charge in [0.05, 0.1) is 5.71 Å². The number of nitrogens with zero attached hydrogens (tertiary/aromatic N) is 2. The molecule has 0 amide bonds. The number of carboxylic acid groups (broad SMARTS) is 1. The molecule has 0 fully saturated rings. The smallest absolute Gasteiger partial charge is 0.348 e. The van der Waals surface area contributed by atoms with E-state index in [1.54, 1.807) is 24.5 Å². The zero-order valence-electron chi connectivity index (χ0n) is 7.25. The average molecular weight is 192 g/mol. The van der Waals surface area contributed by atoms with Crippen LogP contribution < -0.4 is 0 Å². The van der Waals surface area contributed by atoms with E-state index in [1.807, 2.05) is 0 Å². The van der Waals surface area contributed by atoms with Crippen molar-refractivity contribution < 1.29 is 14.7 Å². The largest absolute Gasteiger partial charge is 0.478 e. The molecule has 0 saturated heterocycles. The van der Waals surface area contributed by atoms with Gasteiger partial charge in [0.2, 0.25) is 6.10 Å². The summed E-state index contributed by atoms with van der Waals surface area (Å²) in [5.41, 5.74) is 1.50. The normalized spacial score (nSPS) is 20.0. The molecule has 1 aromatic rings. The summed E-state index contributed by atoms with van der Waals surface area (Å²) in [7, 11) is 0. The predicted octanol–water partition coefficient (Wildman–Crippen LogP) is 0.659. The summed E-state index contributed by atoms with van der Waals surface area (Å²) in [6, 6.07) is 3.54. The molecule has 0 radical (unpaired) electrons.